The molecule has 0 aliphatic carbocycles. The Bertz CT molecular complexity index is 1270. The molecule has 0 saturated carbocycles. The predicted octanol–water partition coefficient (Wildman–Crippen LogP) is 3.53. The lowest BCUT2D eigenvalue weighted by Gasteiger charge is -2.20. The van der Waals surface area contributed by atoms with Crippen LogP contribution in [0.1, 0.15) is 15.9 Å². The topological polar surface area (TPSA) is 100 Å². The Kier molecular flexibility index (Phi) is 4.17. The van der Waals surface area contributed by atoms with Crippen molar-refractivity contribution in [3.05, 3.63) is 72.1 Å². The number of hydrogen-bond acceptors (Lipinski definition) is 7. The van der Waals surface area contributed by atoms with Crippen molar-refractivity contribution in [3.63, 3.8) is 0 Å². The summed E-state index contributed by atoms with van der Waals surface area (Å²) < 4.78 is 5.70. The van der Waals surface area contributed by atoms with E-state index in [0.717, 1.165) is 16.9 Å². The number of ether oxygens (including phenoxy) is 1. The molecule has 30 heavy (non-hydrogen) atoms. The quantitative estimate of drug-likeness (QED) is 0.541. The standard InChI is InChI=1S/C22H17N5O3/c1-27(15-3-2-13-11-24-20(28)18(13)10-15)14-4-6-16(7-5-14)30-22-25-19-12-23-9-8-17(19)21(29)26-22/h2-10,12H,11H2,1H3,(H,24,28)(H,25,26,29). The Morgan fingerprint density at radius 3 is 2.70 bits per heavy atom. The third kappa shape index (κ3) is 3.14. The number of carbonyl (C=O) groups excluding carboxylic acids is 1. The molecule has 1 aliphatic heterocycles. The van der Waals surface area contributed by atoms with E-state index in [4.69, 9.17) is 4.74 Å². The molecule has 0 spiro atoms. The Hall–Kier alpha value is -4.20. The minimum Gasteiger partial charge on any atom is -0.493 e. The van der Waals surface area contributed by atoms with Crippen LogP contribution in [0.15, 0.2) is 60.9 Å². The number of rotatable bonds is 4. The molecule has 2 N–H and O–H groups in total. The monoisotopic (exact) mass is 399 g/mol. The summed E-state index contributed by atoms with van der Waals surface area (Å²) in [4.78, 5) is 26.2. The van der Waals surface area contributed by atoms with Gasteiger partial charge in [0.05, 0.1) is 17.1 Å². The van der Waals surface area contributed by atoms with Crippen LogP contribution in [0, 0.1) is 0 Å². The lowest BCUT2D eigenvalue weighted by molar-refractivity contribution is 0.0965. The van der Waals surface area contributed by atoms with E-state index in [-0.39, 0.29) is 17.8 Å². The van der Waals surface area contributed by atoms with E-state index < -0.39 is 0 Å². The number of carbonyl (C=O) groups is 1. The molecule has 5 rings (SSSR count). The Labute approximate surface area is 171 Å². The summed E-state index contributed by atoms with van der Waals surface area (Å²) in [6.07, 6.45) is 3.10. The summed E-state index contributed by atoms with van der Waals surface area (Å²) in [7, 11) is 1.93. The fourth-order valence-electron chi connectivity index (χ4n) is 3.39. The summed E-state index contributed by atoms with van der Waals surface area (Å²) in [5, 5.41) is 13.4. The van der Waals surface area contributed by atoms with Gasteiger partial charge in [0.2, 0.25) is 5.88 Å². The maximum absolute atomic E-state index is 11.9. The van der Waals surface area contributed by atoms with Gasteiger partial charge in [0.25, 0.3) is 5.91 Å². The van der Waals surface area contributed by atoms with Crippen molar-refractivity contribution in [2.45, 2.75) is 6.54 Å². The van der Waals surface area contributed by atoms with Crippen LogP contribution in [0.5, 0.6) is 17.6 Å². The highest BCUT2D eigenvalue weighted by Crippen LogP contribution is 2.30. The minimum atomic E-state index is -0.158. The molecule has 1 aliphatic rings. The average molecular weight is 399 g/mol. The van der Waals surface area contributed by atoms with E-state index in [1.54, 1.807) is 30.6 Å². The van der Waals surface area contributed by atoms with Crippen molar-refractivity contribution in [1.29, 1.82) is 0 Å². The number of hydrogen-bond donors (Lipinski definition) is 2. The Morgan fingerprint density at radius 1 is 1.07 bits per heavy atom. The number of aromatic nitrogens is 3. The molecule has 0 saturated heterocycles. The second-order valence-electron chi connectivity index (χ2n) is 6.90. The molecular weight excluding hydrogens is 382 g/mol. The van der Waals surface area contributed by atoms with Gasteiger partial charge in [-0.3, -0.25) is 9.78 Å². The Balaban J connectivity index is 1.37. The largest absolute Gasteiger partial charge is 0.493 e. The molecule has 8 heteroatoms. The van der Waals surface area contributed by atoms with Crippen LogP contribution in [-0.2, 0) is 6.54 Å². The fraction of sp³-hybridized carbons (Fsp3) is 0.0909. The summed E-state index contributed by atoms with van der Waals surface area (Å²) >= 11 is 0. The van der Waals surface area contributed by atoms with E-state index in [0.29, 0.717) is 28.8 Å². The number of anilines is 2. The molecule has 0 bridgehead atoms. The maximum atomic E-state index is 11.9. The molecule has 0 fully saturated rings. The number of nitrogens with zero attached hydrogens (tertiary/aromatic N) is 4. The molecular formula is C22H17N5O3. The van der Waals surface area contributed by atoms with Gasteiger partial charge in [-0.25, -0.2) is 0 Å². The van der Waals surface area contributed by atoms with Gasteiger partial charge in [-0.1, -0.05) is 6.07 Å². The van der Waals surface area contributed by atoms with Crippen LogP contribution in [0.4, 0.5) is 11.4 Å². The molecule has 4 aromatic rings. The minimum absolute atomic E-state index is 0.0405. The molecule has 2 aromatic carbocycles. The zero-order valence-electron chi connectivity index (χ0n) is 16.0. The van der Waals surface area contributed by atoms with Crippen LogP contribution >= 0.6 is 0 Å². The lowest BCUT2D eigenvalue weighted by atomic mass is 10.1. The van der Waals surface area contributed by atoms with Crippen LogP contribution in [0.25, 0.3) is 10.9 Å². The number of fused-ring (bicyclic) bond motifs is 2. The highest BCUT2D eigenvalue weighted by atomic mass is 16.5. The number of amides is 1. The number of aromatic hydroxyl groups is 1. The maximum Gasteiger partial charge on any atom is 0.325 e. The molecule has 8 nitrogen and oxygen atoms in total. The van der Waals surface area contributed by atoms with Crippen molar-refractivity contribution in [3.8, 4) is 17.6 Å². The molecule has 148 valence electrons. The first-order valence-electron chi connectivity index (χ1n) is 9.32. The molecule has 2 aromatic heterocycles. The highest BCUT2D eigenvalue weighted by molar-refractivity contribution is 5.99. The van der Waals surface area contributed by atoms with Gasteiger partial charge >= 0.3 is 6.01 Å². The number of nitrogens with one attached hydrogen (secondary N) is 1. The third-order valence-electron chi connectivity index (χ3n) is 5.06. The summed E-state index contributed by atoms with van der Waals surface area (Å²) in [5.74, 6) is 0.329. The third-order valence-corrected chi connectivity index (χ3v) is 5.06. The first-order valence-corrected chi connectivity index (χ1v) is 9.32. The summed E-state index contributed by atoms with van der Waals surface area (Å²) in [6.45, 7) is 0.576. The van der Waals surface area contributed by atoms with Gasteiger partial charge in [0.1, 0.15) is 5.75 Å². The van der Waals surface area contributed by atoms with Crippen LogP contribution in [0.3, 0.4) is 0 Å². The van der Waals surface area contributed by atoms with Gasteiger partial charge in [0, 0.05) is 36.7 Å². The smallest absolute Gasteiger partial charge is 0.325 e. The lowest BCUT2D eigenvalue weighted by Crippen LogP contribution is -2.13. The van der Waals surface area contributed by atoms with Gasteiger partial charge in [-0.15, -0.1) is 0 Å². The average Bonchev–Trinajstić information content (AvgIpc) is 3.14. The van der Waals surface area contributed by atoms with Gasteiger partial charge in [-0.05, 0) is 48.0 Å². The van der Waals surface area contributed by atoms with Crippen molar-refractivity contribution in [2.75, 3.05) is 11.9 Å². The first kappa shape index (κ1) is 17.9. The van der Waals surface area contributed by atoms with Gasteiger partial charge in [-0.2, -0.15) is 9.97 Å². The fourth-order valence-corrected chi connectivity index (χ4v) is 3.39. The molecule has 3 heterocycles. The van der Waals surface area contributed by atoms with E-state index in [1.807, 2.05) is 42.3 Å². The zero-order chi connectivity index (χ0) is 20.7. The normalized spacial score (nSPS) is 12.5. The van der Waals surface area contributed by atoms with Crippen LogP contribution in [-0.4, -0.2) is 33.0 Å². The summed E-state index contributed by atoms with van der Waals surface area (Å²) in [6, 6.07) is 14.9. The van der Waals surface area contributed by atoms with Crippen molar-refractivity contribution >= 4 is 28.2 Å². The zero-order valence-corrected chi connectivity index (χ0v) is 16.0. The van der Waals surface area contributed by atoms with Crippen LogP contribution < -0.4 is 15.0 Å². The van der Waals surface area contributed by atoms with Crippen LogP contribution in [0.2, 0.25) is 0 Å². The van der Waals surface area contributed by atoms with Crippen molar-refractivity contribution in [2.24, 2.45) is 0 Å². The predicted molar refractivity (Wildman–Crippen MR) is 111 cm³/mol. The SMILES string of the molecule is CN(c1ccc(Oc2nc(O)c3ccncc3n2)cc1)c1ccc2c(c1)C(=O)NC2. The van der Waals surface area contributed by atoms with Gasteiger partial charge in [0.15, 0.2) is 0 Å². The highest BCUT2D eigenvalue weighted by Gasteiger charge is 2.19. The Morgan fingerprint density at radius 2 is 1.87 bits per heavy atom. The second-order valence-corrected chi connectivity index (χ2v) is 6.90. The molecule has 0 unspecified atom stereocenters. The summed E-state index contributed by atoms with van der Waals surface area (Å²) in [5.41, 5.74) is 4.05. The van der Waals surface area contributed by atoms with Crippen molar-refractivity contribution in [1.82, 2.24) is 20.3 Å². The second kappa shape index (κ2) is 7.00. The van der Waals surface area contributed by atoms with Gasteiger partial charge < -0.3 is 20.1 Å². The number of benzene rings is 2. The molecule has 0 radical (unpaired) electrons. The molecule has 1 amide bonds. The van der Waals surface area contributed by atoms with Crippen molar-refractivity contribution < 1.29 is 14.6 Å². The molecule has 0 atom stereocenters. The van der Waals surface area contributed by atoms with E-state index >= 15 is 0 Å². The van der Waals surface area contributed by atoms with E-state index in [9.17, 15) is 9.90 Å². The van der Waals surface area contributed by atoms with E-state index in [1.165, 1.54) is 0 Å². The number of pyridine rings is 1. The first-order chi connectivity index (χ1) is 14.6. The van der Waals surface area contributed by atoms with E-state index in [2.05, 4.69) is 20.3 Å².